The molecular weight excluding hydrogens is 264 g/mol. The minimum atomic E-state index is -0.994. The third kappa shape index (κ3) is 2.54. The SMILES string of the molecule is O=C(CCl)Nc1nc2ccc(C(=O)O)cc2s1. The Morgan fingerprint density at radius 2 is 2.24 bits per heavy atom. The number of thiazole rings is 1. The number of aromatic carboxylic acids is 1. The summed E-state index contributed by atoms with van der Waals surface area (Å²) < 4.78 is 0.703. The standard InChI is InChI=1S/C10H7ClN2O3S/c11-4-8(14)13-10-12-6-2-1-5(9(15)16)3-7(6)17-10/h1-3H,4H2,(H,15,16)(H,12,13,14). The highest BCUT2D eigenvalue weighted by Gasteiger charge is 2.09. The molecule has 1 amide bonds. The molecule has 0 spiro atoms. The van der Waals surface area contributed by atoms with E-state index in [2.05, 4.69) is 10.3 Å². The minimum Gasteiger partial charge on any atom is -0.478 e. The number of halogens is 1. The van der Waals surface area contributed by atoms with Gasteiger partial charge in [0, 0.05) is 0 Å². The van der Waals surface area contributed by atoms with E-state index >= 15 is 0 Å². The van der Waals surface area contributed by atoms with Crippen molar-refractivity contribution in [3.8, 4) is 0 Å². The number of anilines is 1. The predicted octanol–water partition coefficient (Wildman–Crippen LogP) is 2.17. The number of hydrogen-bond acceptors (Lipinski definition) is 4. The Kier molecular flexibility index (Phi) is 3.26. The second-order valence-corrected chi connectivity index (χ2v) is 4.49. The van der Waals surface area contributed by atoms with E-state index in [1.54, 1.807) is 6.07 Å². The molecule has 1 aromatic carbocycles. The molecule has 0 aliphatic heterocycles. The molecule has 2 aromatic rings. The fourth-order valence-corrected chi connectivity index (χ4v) is 2.25. The van der Waals surface area contributed by atoms with Gasteiger partial charge >= 0.3 is 5.97 Å². The van der Waals surface area contributed by atoms with Crippen LogP contribution in [0.15, 0.2) is 18.2 Å². The van der Waals surface area contributed by atoms with Crippen LogP contribution in [0.4, 0.5) is 5.13 Å². The number of nitrogens with zero attached hydrogens (tertiary/aromatic N) is 1. The molecule has 0 atom stereocenters. The summed E-state index contributed by atoms with van der Waals surface area (Å²) in [6.45, 7) is 0. The fraction of sp³-hybridized carbons (Fsp3) is 0.100. The molecule has 17 heavy (non-hydrogen) atoms. The molecule has 1 aromatic heterocycles. The lowest BCUT2D eigenvalue weighted by atomic mass is 10.2. The van der Waals surface area contributed by atoms with Crippen molar-refractivity contribution >= 4 is 50.2 Å². The van der Waals surface area contributed by atoms with Gasteiger partial charge in [0.1, 0.15) is 5.88 Å². The molecule has 2 N–H and O–H groups in total. The third-order valence-electron chi connectivity index (χ3n) is 2.00. The molecule has 0 unspecified atom stereocenters. The molecule has 0 saturated carbocycles. The first-order valence-corrected chi connectivity index (χ1v) is 5.95. The van der Waals surface area contributed by atoms with Crippen LogP contribution in [0.1, 0.15) is 10.4 Å². The van der Waals surface area contributed by atoms with Gasteiger partial charge in [-0.05, 0) is 18.2 Å². The van der Waals surface area contributed by atoms with Crippen LogP contribution in [-0.2, 0) is 4.79 Å². The van der Waals surface area contributed by atoms with Gasteiger partial charge in [0.2, 0.25) is 5.91 Å². The molecule has 0 saturated heterocycles. The third-order valence-corrected chi connectivity index (χ3v) is 3.18. The number of carbonyl (C=O) groups is 2. The number of benzene rings is 1. The molecule has 0 aliphatic carbocycles. The number of amides is 1. The molecule has 0 fully saturated rings. The maximum Gasteiger partial charge on any atom is 0.335 e. The van der Waals surface area contributed by atoms with Crippen LogP contribution in [0.5, 0.6) is 0 Å². The van der Waals surface area contributed by atoms with Crippen molar-refractivity contribution in [3.63, 3.8) is 0 Å². The van der Waals surface area contributed by atoms with Crippen LogP contribution in [0, 0.1) is 0 Å². The van der Waals surface area contributed by atoms with E-state index in [1.807, 2.05) is 0 Å². The van der Waals surface area contributed by atoms with E-state index in [1.165, 1.54) is 23.5 Å². The van der Waals surface area contributed by atoms with Crippen molar-refractivity contribution in [3.05, 3.63) is 23.8 Å². The van der Waals surface area contributed by atoms with Crippen molar-refractivity contribution in [1.29, 1.82) is 0 Å². The highest BCUT2D eigenvalue weighted by molar-refractivity contribution is 7.22. The maximum absolute atomic E-state index is 11.1. The zero-order valence-corrected chi connectivity index (χ0v) is 10.0. The summed E-state index contributed by atoms with van der Waals surface area (Å²) in [4.78, 5) is 26.0. The van der Waals surface area contributed by atoms with Crippen molar-refractivity contribution in [1.82, 2.24) is 4.98 Å². The topological polar surface area (TPSA) is 79.3 Å². The number of carbonyl (C=O) groups excluding carboxylic acids is 1. The highest BCUT2D eigenvalue weighted by Crippen LogP contribution is 2.26. The summed E-state index contributed by atoms with van der Waals surface area (Å²) in [5.41, 5.74) is 0.834. The lowest BCUT2D eigenvalue weighted by Crippen LogP contribution is -2.11. The van der Waals surface area contributed by atoms with Crippen LogP contribution < -0.4 is 5.32 Å². The Balaban J connectivity index is 2.37. The predicted molar refractivity (Wildman–Crippen MR) is 65.9 cm³/mol. The van der Waals surface area contributed by atoms with Crippen LogP contribution >= 0.6 is 22.9 Å². The Morgan fingerprint density at radius 1 is 1.47 bits per heavy atom. The van der Waals surface area contributed by atoms with E-state index in [-0.39, 0.29) is 17.4 Å². The van der Waals surface area contributed by atoms with Gasteiger partial charge < -0.3 is 10.4 Å². The molecule has 88 valence electrons. The van der Waals surface area contributed by atoms with E-state index in [0.717, 1.165) is 0 Å². The number of aromatic nitrogens is 1. The zero-order valence-electron chi connectivity index (χ0n) is 8.44. The monoisotopic (exact) mass is 270 g/mol. The van der Waals surface area contributed by atoms with E-state index in [0.29, 0.717) is 15.3 Å². The van der Waals surface area contributed by atoms with Gasteiger partial charge in [-0.3, -0.25) is 4.79 Å². The van der Waals surface area contributed by atoms with Crippen molar-refractivity contribution < 1.29 is 14.7 Å². The molecule has 1 heterocycles. The maximum atomic E-state index is 11.1. The molecular formula is C10H7ClN2O3S. The number of carboxylic acid groups (broad SMARTS) is 1. The zero-order chi connectivity index (χ0) is 12.4. The Labute approximate surface area is 105 Å². The largest absolute Gasteiger partial charge is 0.478 e. The van der Waals surface area contributed by atoms with Gasteiger partial charge in [0.15, 0.2) is 5.13 Å². The molecule has 7 heteroatoms. The lowest BCUT2D eigenvalue weighted by molar-refractivity contribution is -0.113. The van der Waals surface area contributed by atoms with E-state index in [9.17, 15) is 9.59 Å². The second-order valence-electron chi connectivity index (χ2n) is 3.19. The normalized spacial score (nSPS) is 10.4. The first-order chi connectivity index (χ1) is 8.10. The van der Waals surface area contributed by atoms with Crippen LogP contribution in [0.2, 0.25) is 0 Å². The number of carboxylic acids is 1. The summed E-state index contributed by atoms with van der Waals surface area (Å²) in [7, 11) is 0. The Hall–Kier alpha value is -1.66. The minimum absolute atomic E-state index is 0.143. The summed E-state index contributed by atoms with van der Waals surface area (Å²) in [5.74, 6) is -1.48. The number of alkyl halides is 1. The second kappa shape index (κ2) is 4.68. The highest BCUT2D eigenvalue weighted by atomic mass is 35.5. The Bertz CT molecular complexity index is 596. The number of hydrogen-bond donors (Lipinski definition) is 2. The van der Waals surface area contributed by atoms with Crippen LogP contribution in [0.25, 0.3) is 10.2 Å². The summed E-state index contributed by atoms with van der Waals surface area (Å²) in [6, 6.07) is 4.59. The number of nitrogens with one attached hydrogen (secondary N) is 1. The van der Waals surface area contributed by atoms with Crippen molar-refractivity contribution in [2.24, 2.45) is 0 Å². The lowest BCUT2D eigenvalue weighted by Gasteiger charge is -1.94. The van der Waals surface area contributed by atoms with Crippen molar-refractivity contribution in [2.75, 3.05) is 11.2 Å². The van der Waals surface area contributed by atoms with Gasteiger partial charge in [-0.15, -0.1) is 11.6 Å². The molecule has 0 bridgehead atoms. The van der Waals surface area contributed by atoms with E-state index in [4.69, 9.17) is 16.7 Å². The summed E-state index contributed by atoms with van der Waals surface area (Å²) >= 11 is 6.56. The van der Waals surface area contributed by atoms with Gasteiger partial charge in [0.05, 0.1) is 15.8 Å². The Morgan fingerprint density at radius 3 is 2.88 bits per heavy atom. The first kappa shape index (κ1) is 11.8. The van der Waals surface area contributed by atoms with Crippen molar-refractivity contribution in [2.45, 2.75) is 0 Å². The molecule has 0 aliphatic rings. The van der Waals surface area contributed by atoms with Crippen LogP contribution in [-0.4, -0.2) is 27.8 Å². The smallest absolute Gasteiger partial charge is 0.335 e. The van der Waals surface area contributed by atoms with Crippen LogP contribution in [0.3, 0.4) is 0 Å². The fourth-order valence-electron chi connectivity index (χ4n) is 1.26. The van der Waals surface area contributed by atoms with Gasteiger partial charge in [-0.1, -0.05) is 11.3 Å². The average Bonchev–Trinajstić information content (AvgIpc) is 2.69. The molecule has 2 rings (SSSR count). The molecule has 0 radical (unpaired) electrons. The first-order valence-electron chi connectivity index (χ1n) is 4.60. The quantitative estimate of drug-likeness (QED) is 0.838. The summed E-state index contributed by atoms with van der Waals surface area (Å²) in [6.07, 6.45) is 0. The van der Waals surface area contributed by atoms with Gasteiger partial charge in [0.25, 0.3) is 0 Å². The van der Waals surface area contributed by atoms with E-state index < -0.39 is 5.97 Å². The average molecular weight is 271 g/mol. The molecule has 5 nitrogen and oxygen atoms in total. The van der Waals surface area contributed by atoms with Gasteiger partial charge in [-0.2, -0.15) is 0 Å². The number of rotatable bonds is 3. The van der Waals surface area contributed by atoms with Gasteiger partial charge in [-0.25, -0.2) is 9.78 Å². The summed E-state index contributed by atoms with van der Waals surface area (Å²) in [5, 5.41) is 11.8. The number of fused-ring (bicyclic) bond motifs is 1.